The molecule has 0 aliphatic rings. The summed E-state index contributed by atoms with van der Waals surface area (Å²) in [7, 11) is 1.74. The van der Waals surface area contributed by atoms with Crippen molar-refractivity contribution in [2.75, 3.05) is 19.0 Å². The van der Waals surface area contributed by atoms with Crippen LogP contribution in [0.3, 0.4) is 0 Å². The van der Waals surface area contributed by atoms with Crippen molar-refractivity contribution in [1.82, 2.24) is 0 Å². The van der Waals surface area contributed by atoms with Gasteiger partial charge in [-0.15, -0.1) is 11.3 Å². The SMILES string of the molecule is CCOc1ccc(Cl)cc1-c1c(NC)oc(-c2cccs2)c1O. The quantitative estimate of drug-likeness (QED) is 0.640. The summed E-state index contributed by atoms with van der Waals surface area (Å²) >= 11 is 7.63. The predicted octanol–water partition coefficient (Wildman–Crippen LogP) is 5.47. The highest BCUT2D eigenvalue weighted by Gasteiger charge is 2.25. The maximum Gasteiger partial charge on any atom is 0.205 e. The molecule has 3 rings (SSSR count). The van der Waals surface area contributed by atoms with Crippen LogP contribution in [0.5, 0.6) is 11.5 Å². The van der Waals surface area contributed by atoms with Crippen molar-refractivity contribution in [2.24, 2.45) is 0 Å². The van der Waals surface area contributed by atoms with Gasteiger partial charge in [0.25, 0.3) is 0 Å². The zero-order valence-corrected chi connectivity index (χ0v) is 14.3. The number of ether oxygens (including phenoxy) is 1. The van der Waals surface area contributed by atoms with Gasteiger partial charge in [-0.1, -0.05) is 17.7 Å². The molecule has 1 aromatic carbocycles. The predicted molar refractivity (Wildman–Crippen MR) is 94.8 cm³/mol. The number of anilines is 1. The fraction of sp³-hybridized carbons (Fsp3) is 0.176. The molecular weight excluding hydrogens is 334 g/mol. The van der Waals surface area contributed by atoms with Gasteiger partial charge in [-0.3, -0.25) is 0 Å². The number of halogens is 1. The van der Waals surface area contributed by atoms with Crippen LogP contribution in [0.15, 0.2) is 40.1 Å². The highest BCUT2D eigenvalue weighted by Crippen LogP contribution is 2.49. The molecule has 2 N–H and O–H groups in total. The van der Waals surface area contributed by atoms with Crippen molar-refractivity contribution in [2.45, 2.75) is 6.92 Å². The van der Waals surface area contributed by atoms with Crippen LogP contribution >= 0.6 is 22.9 Å². The summed E-state index contributed by atoms with van der Waals surface area (Å²) in [5.41, 5.74) is 1.23. The summed E-state index contributed by atoms with van der Waals surface area (Å²) in [5, 5.41) is 16.2. The lowest BCUT2D eigenvalue weighted by Crippen LogP contribution is -1.95. The van der Waals surface area contributed by atoms with Gasteiger partial charge in [0, 0.05) is 17.6 Å². The van der Waals surface area contributed by atoms with Crippen LogP contribution in [-0.2, 0) is 0 Å². The van der Waals surface area contributed by atoms with Crippen molar-refractivity contribution in [3.8, 4) is 33.3 Å². The molecule has 0 spiro atoms. The molecule has 0 saturated carbocycles. The third-order valence-corrected chi connectivity index (χ3v) is 4.47. The first-order valence-electron chi connectivity index (χ1n) is 7.15. The summed E-state index contributed by atoms with van der Waals surface area (Å²) in [6.07, 6.45) is 0. The lowest BCUT2D eigenvalue weighted by molar-refractivity contribution is 0.341. The second kappa shape index (κ2) is 6.56. The van der Waals surface area contributed by atoms with Crippen LogP contribution in [0.2, 0.25) is 5.02 Å². The van der Waals surface area contributed by atoms with Gasteiger partial charge in [0.05, 0.1) is 17.0 Å². The zero-order chi connectivity index (χ0) is 16.4. The smallest absolute Gasteiger partial charge is 0.205 e. The van der Waals surface area contributed by atoms with E-state index in [-0.39, 0.29) is 5.75 Å². The normalized spacial score (nSPS) is 10.7. The lowest BCUT2D eigenvalue weighted by Gasteiger charge is -2.11. The number of benzene rings is 1. The van der Waals surface area contributed by atoms with Crippen LogP contribution < -0.4 is 10.1 Å². The number of hydrogen-bond acceptors (Lipinski definition) is 5. The van der Waals surface area contributed by atoms with Gasteiger partial charge in [0.15, 0.2) is 11.5 Å². The summed E-state index contributed by atoms with van der Waals surface area (Å²) in [6, 6.07) is 9.11. The molecule has 3 aromatic rings. The van der Waals surface area contributed by atoms with Gasteiger partial charge < -0.3 is 19.6 Å². The van der Waals surface area contributed by atoms with Gasteiger partial charge in [-0.2, -0.15) is 0 Å². The Balaban J connectivity index is 2.22. The van der Waals surface area contributed by atoms with Gasteiger partial charge in [-0.05, 0) is 36.6 Å². The molecular formula is C17H16ClNO3S. The van der Waals surface area contributed by atoms with Crippen molar-refractivity contribution in [1.29, 1.82) is 0 Å². The summed E-state index contributed by atoms with van der Waals surface area (Å²) in [5.74, 6) is 1.61. The largest absolute Gasteiger partial charge is 0.504 e. The molecule has 0 amide bonds. The lowest BCUT2D eigenvalue weighted by atomic mass is 10.1. The van der Waals surface area contributed by atoms with Crippen molar-refractivity contribution < 1.29 is 14.3 Å². The Kier molecular flexibility index (Phi) is 4.50. The van der Waals surface area contributed by atoms with E-state index >= 15 is 0 Å². The monoisotopic (exact) mass is 349 g/mol. The van der Waals surface area contributed by atoms with E-state index in [1.165, 1.54) is 11.3 Å². The first-order chi connectivity index (χ1) is 11.2. The first-order valence-corrected chi connectivity index (χ1v) is 8.41. The van der Waals surface area contributed by atoms with E-state index < -0.39 is 0 Å². The zero-order valence-electron chi connectivity index (χ0n) is 12.7. The highest BCUT2D eigenvalue weighted by molar-refractivity contribution is 7.13. The topological polar surface area (TPSA) is 54.6 Å². The minimum atomic E-state index is 0.0695. The second-order valence-corrected chi connectivity index (χ2v) is 6.17. The van der Waals surface area contributed by atoms with E-state index in [0.29, 0.717) is 40.2 Å². The van der Waals surface area contributed by atoms with Crippen LogP contribution in [0.25, 0.3) is 21.8 Å². The minimum absolute atomic E-state index is 0.0695. The molecule has 0 radical (unpaired) electrons. The summed E-state index contributed by atoms with van der Waals surface area (Å²) in [6.45, 7) is 2.42. The average molecular weight is 350 g/mol. The molecule has 0 unspecified atom stereocenters. The highest BCUT2D eigenvalue weighted by atomic mass is 35.5. The average Bonchev–Trinajstić information content (AvgIpc) is 3.16. The Hall–Kier alpha value is -2.11. The Morgan fingerprint density at radius 2 is 2.17 bits per heavy atom. The third-order valence-electron chi connectivity index (χ3n) is 3.37. The van der Waals surface area contributed by atoms with Gasteiger partial charge in [0.1, 0.15) is 5.75 Å². The number of hydrogen-bond donors (Lipinski definition) is 2. The maximum atomic E-state index is 10.7. The summed E-state index contributed by atoms with van der Waals surface area (Å²) in [4.78, 5) is 0.852. The molecule has 2 heterocycles. The van der Waals surface area contributed by atoms with E-state index in [1.54, 1.807) is 25.2 Å². The molecule has 0 atom stereocenters. The van der Waals surface area contributed by atoms with Crippen LogP contribution in [0.4, 0.5) is 5.88 Å². The third kappa shape index (κ3) is 2.90. The van der Waals surface area contributed by atoms with Crippen molar-refractivity contribution in [3.05, 3.63) is 40.7 Å². The van der Waals surface area contributed by atoms with E-state index in [4.69, 9.17) is 20.8 Å². The van der Waals surface area contributed by atoms with Gasteiger partial charge >= 0.3 is 0 Å². The molecule has 0 aliphatic carbocycles. The van der Waals surface area contributed by atoms with Gasteiger partial charge in [-0.25, -0.2) is 0 Å². The number of thiophene rings is 1. The fourth-order valence-corrected chi connectivity index (χ4v) is 3.28. The van der Waals surface area contributed by atoms with Crippen molar-refractivity contribution in [3.63, 3.8) is 0 Å². The van der Waals surface area contributed by atoms with E-state index in [9.17, 15) is 5.11 Å². The Labute approximate surface area is 143 Å². The number of furan rings is 1. The fourth-order valence-electron chi connectivity index (χ4n) is 2.40. The van der Waals surface area contributed by atoms with E-state index in [2.05, 4.69) is 5.32 Å². The Morgan fingerprint density at radius 3 is 2.83 bits per heavy atom. The standard InChI is InChI=1S/C17H16ClNO3S/c1-3-21-12-7-6-10(18)9-11(12)14-15(20)16(22-17(14)19-2)13-5-4-8-23-13/h4-9,19-20H,3H2,1-2H3. The molecule has 0 saturated heterocycles. The molecule has 120 valence electrons. The van der Waals surface area contributed by atoms with Crippen LogP contribution in [0, 0.1) is 0 Å². The molecule has 0 bridgehead atoms. The molecule has 0 aliphatic heterocycles. The van der Waals surface area contributed by atoms with Crippen LogP contribution in [-0.4, -0.2) is 18.8 Å². The molecule has 2 aromatic heterocycles. The number of aromatic hydroxyl groups is 1. The Bertz CT molecular complexity index is 812. The minimum Gasteiger partial charge on any atom is -0.504 e. The number of rotatable bonds is 5. The van der Waals surface area contributed by atoms with Crippen LogP contribution in [0.1, 0.15) is 6.92 Å². The van der Waals surface area contributed by atoms with E-state index in [1.807, 2.05) is 24.4 Å². The maximum absolute atomic E-state index is 10.7. The second-order valence-electron chi connectivity index (χ2n) is 4.78. The molecule has 4 nitrogen and oxygen atoms in total. The summed E-state index contributed by atoms with van der Waals surface area (Å²) < 4.78 is 11.5. The molecule has 6 heteroatoms. The molecule has 23 heavy (non-hydrogen) atoms. The van der Waals surface area contributed by atoms with Crippen molar-refractivity contribution >= 4 is 28.8 Å². The van der Waals surface area contributed by atoms with Gasteiger partial charge in [0.2, 0.25) is 5.88 Å². The Morgan fingerprint density at radius 1 is 1.35 bits per heavy atom. The molecule has 0 fully saturated rings. The first kappa shape index (κ1) is 15.8. The van der Waals surface area contributed by atoms with E-state index in [0.717, 1.165) is 4.88 Å². The number of nitrogens with one attached hydrogen (secondary N) is 1.